The van der Waals surface area contributed by atoms with Crippen molar-refractivity contribution in [3.63, 3.8) is 0 Å². The van der Waals surface area contributed by atoms with Gasteiger partial charge in [-0.1, -0.05) is 155 Å². The maximum Gasteiger partial charge on any atom is 0.261 e. The van der Waals surface area contributed by atoms with Crippen LogP contribution in [0.1, 0.15) is 106 Å². The average Bonchev–Trinajstić information content (AvgIpc) is 3.50. The number of benzene rings is 3. The van der Waals surface area contributed by atoms with Crippen LogP contribution in [-0.2, 0) is 9.59 Å². The number of fused-ring (bicyclic) bond motifs is 1. The molecule has 0 fully saturated rings. The highest BCUT2D eigenvalue weighted by atomic mass is 16.2. The molecule has 238 valence electrons. The molecule has 3 aromatic carbocycles. The summed E-state index contributed by atoms with van der Waals surface area (Å²) in [5.74, 6) is -0.0472. The van der Waals surface area contributed by atoms with Crippen LogP contribution < -0.4 is 0 Å². The molecule has 0 N–H and O–H groups in total. The van der Waals surface area contributed by atoms with Gasteiger partial charge < -0.3 is 9.80 Å². The van der Waals surface area contributed by atoms with E-state index in [1.165, 1.54) is 11.1 Å². The van der Waals surface area contributed by atoms with E-state index in [4.69, 9.17) is 0 Å². The highest BCUT2D eigenvalue weighted by Crippen LogP contribution is 2.43. The standard InChI is InChI=1S/C42H48N2O2/c1-5-7-9-11-29-43-32(4)38-39(42(43)46)40(44(41(38)45)30-12-10-8-6-2)37-27-25-36(26-28-37)24-23-35-21-19-34(20-22-35)18-17-33-15-13-31(3)14-16-33/h13-28H,5-12,29-30H2,1-4H3/b18-17+,24-23+. The van der Waals surface area contributed by atoms with Crippen LogP contribution in [0.25, 0.3) is 30.0 Å². The number of hydrogen-bond acceptors (Lipinski definition) is 2. The summed E-state index contributed by atoms with van der Waals surface area (Å²) in [4.78, 5) is 31.4. The third-order valence-corrected chi connectivity index (χ3v) is 9.05. The van der Waals surface area contributed by atoms with E-state index in [2.05, 4.69) is 118 Å². The first-order chi connectivity index (χ1) is 22.4. The van der Waals surface area contributed by atoms with E-state index in [0.29, 0.717) is 24.2 Å². The largest absolute Gasteiger partial charge is 0.312 e. The molecule has 0 unspecified atom stereocenters. The minimum absolute atomic E-state index is 0.0236. The molecule has 2 aliphatic rings. The molecule has 0 saturated heterocycles. The van der Waals surface area contributed by atoms with Crippen molar-refractivity contribution >= 4 is 41.8 Å². The molecule has 4 heteroatoms. The summed E-state index contributed by atoms with van der Waals surface area (Å²) < 4.78 is 0. The normalized spacial score (nSPS) is 15.0. The summed E-state index contributed by atoms with van der Waals surface area (Å²) >= 11 is 0. The van der Waals surface area contributed by atoms with Crippen LogP contribution in [0.3, 0.4) is 0 Å². The van der Waals surface area contributed by atoms with E-state index in [9.17, 15) is 9.59 Å². The maximum atomic E-state index is 13.8. The summed E-state index contributed by atoms with van der Waals surface area (Å²) in [5, 5.41) is 0. The first-order valence-corrected chi connectivity index (χ1v) is 17.1. The molecular weight excluding hydrogens is 564 g/mol. The zero-order valence-electron chi connectivity index (χ0n) is 28.0. The molecule has 0 atom stereocenters. The lowest BCUT2D eigenvalue weighted by molar-refractivity contribution is -0.124. The number of amides is 2. The molecule has 0 spiro atoms. The zero-order valence-corrected chi connectivity index (χ0v) is 28.0. The van der Waals surface area contributed by atoms with Crippen molar-refractivity contribution < 1.29 is 9.59 Å². The predicted molar refractivity (Wildman–Crippen MR) is 193 cm³/mol. The molecule has 0 aromatic heterocycles. The van der Waals surface area contributed by atoms with E-state index < -0.39 is 0 Å². The van der Waals surface area contributed by atoms with Crippen LogP contribution in [-0.4, -0.2) is 34.7 Å². The summed E-state index contributed by atoms with van der Waals surface area (Å²) in [6, 6.07) is 25.3. The number of carbonyl (C=O) groups is 2. The van der Waals surface area contributed by atoms with E-state index in [1.54, 1.807) is 0 Å². The second-order valence-corrected chi connectivity index (χ2v) is 12.6. The topological polar surface area (TPSA) is 40.6 Å². The molecule has 3 aromatic rings. The van der Waals surface area contributed by atoms with Gasteiger partial charge in [0.2, 0.25) is 0 Å². The van der Waals surface area contributed by atoms with E-state index in [-0.39, 0.29) is 11.8 Å². The summed E-state index contributed by atoms with van der Waals surface area (Å²) in [7, 11) is 0. The smallest absolute Gasteiger partial charge is 0.261 e. The average molecular weight is 613 g/mol. The fraction of sp³-hybridized carbons (Fsp3) is 0.333. The van der Waals surface area contributed by atoms with Crippen molar-refractivity contribution in [3.8, 4) is 0 Å². The molecule has 46 heavy (non-hydrogen) atoms. The van der Waals surface area contributed by atoms with Gasteiger partial charge in [-0.05, 0) is 54.5 Å². The van der Waals surface area contributed by atoms with Crippen molar-refractivity contribution in [1.29, 1.82) is 0 Å². The third kappa shape index (κ3) is 7.67. The molecular formula is C42H48N2O2. The Morgan fingerprint density at radius 1 is 0.500 bits per heavy atom. The quantitative estimate of drug-likeness (QED) is 0.127. The monoisotopic (exact) mass is 612 g/mol. The van der Waals surface area contributed by atoms with Crippen molar-refractivity contribution in [3.05, 3.63) is 123 Å². The number of aryl methyl sites for hydroxylation is 1. The lowest BCUT2D eigenvalue weighted by Crippen LogP contribution is -2.30. The number of allylic oxidation sites excluding steroid dienone is 1. The van der Waals surface area contributed by atoms with Crippen molar-refractivity contribution in [2.45, 2.75) is 79.1 Å². The van der Waals surface area contributed by atoms with Gasteiger partial charge in [-0.2, -0.15) is 0 Å². The van der Waals surface area contributed by atoms with Gasteiger partial charge >= 0.3 is 0 Å². The number of nitrogens with zero attached hydrogens (tertiary/aromatic N) is 2. The third-order valence-electron chi connectivity index (χ3n) is 9.05. The Morgan fingerprint density at radius 3 is 1.39 bits per heavy atom. The van der Waals surface area contributed by atoms with Gasteiger partial charge in [-0.25, -0.2) is 0 Å². The lowest BCUT2D eigenvalue weighted by atomic mass is 10.0. The minimum Gasteiger partial charge on any atom is -0.312 e. The molecule has 0 saturated carbocycles. The second-order valence-electron chi connectivity index (χ2n) is 12.6. The van der Waals surface area contributed by atoms with Gasteiger partial charge in [-0.15, -0.1) is 0 Å². The van der Waals surface area contributed by atoms with Crippen LogP contribution in [0, 0.1) is 6.92 Å². The van der Waals surface area contributed by atoms with Gasteiger partial charge in [0.05, 0.1) is 16.8 Å². The summed E-state index contributed by atoms with van der Waals surface area (Å²) in [6.07, 6.45) is 17.1. The second kappa shape index (κ2) is 15.7. The Bertz CT molecular complexity index is 1640. The molecule has 2 heterocycles. The molecule has 0 aliphatic carbocycles. The Labute approximate surface area is 275 Å². The highest BCUT2D eigenvalue weighted by molar-refractivity contribution is 6.25. The molecule has 5 rings (SSSR count). The van der Waals surface area contributed by atoms with Crippen molar-refractivity contribution in [1.82, 2.24) is 9.80 Å². The van der Waals surface area contributed by atoms with Crippen LogP contribution in [0.4, 0.5) is 0 Å². The number of carbonyl (C=O) groups excluding carboxylic acids is 2. The summed E-state index contributed by atoms with van der Waals surface area (Å²) in [5.41, 5.74) is 9.51. The van der Waals surface area contributed by atoms with Crippen molar-refractivity contribution in [2.75, 3.05) is 13.1 Å². The van der Waals surface area contributed by atoms with Crippen molar-refractivity contribution in [2.24, 2.45) is 0 Å². The number of rotatable bonds is 15. The van der Waals surface area contributed by atoms with Crippen LogP contribution in [0.15, 0.2) is 89.6 Å². The molecule has 0 bridgehead atoms. The predicted octanol–water partition coefficient (Wildman–Crippen LogP) is 10.2. The van der Waals surface area contributed by atoms with Gasteiger partial charge in [0.1, 0.15) is 0 Å². The van der Waals surface area contributed by atoms with Crippen LogP contribution in [0.5, 0.6) is 0 Å². The van der Waals surface area contributed by atoms with E-state index in [1.807, 2.05) is 16.7 Å². The van der Waals surface area contributed by atoms with E-state index >= 15 is 0 Å². The SMILES string of the molecule is CCCCCCN1C(=O)C2=C(c3ccc(/C=C/c4ccc(/C=C/c5ccc(C)cc5)cc4)cc3)N(CCCCCC)C(=O)C2=C1C. The first kappa shape index (κ1) is 32.9. The van der Waals surface area contributed by atoms with Gasteiger partial charge in [0, 0.05) is 18.8 Å². The minimum atomic E-state index is -0.0236. The first-order valence-electron chi connectivity index (χ1n) is 17.1. The number of hydrogen-bond donors (Lipinski definition) is 0. The molecule has 2 amide bonds. The Morgan fingerprint density at radius 2 is 0.913 bits per heavy atom. The highest BCUT2D eigenvalue weighted by Gasteiger charge is 2.46. The van der Waals surface area contributed by atoms with E-state index in [0.717, 1.165) is 85.0 Å². The zero-order chi connectivity index (χ0) is 32.5. The van der Waals surface area contributed by atoms with Gasteiger partial charge in [0.25, 0.3) is 11.8 Å². The van der Waals surface area contributed by atoms with Crippen LogP contribution >= 0.6 is 0 Å². The Balaban J connectivity index is 1.33. The number of unbranched alkanes of at least 4 members (excludes halogenated alkanes) is 6. The van der Waals surface area contributed by atoms with Gasteiger partial charge in [0.15, 0.2) is 0 Å². The Hall–Kier alpha value is -4.44. The molecule has 4 nitrogen and oxygen atoms in total. The fourth-order valence-corrected chi connectivity index (χ4v) is 6.27. The molecule has 2 aliphatic heterocycles. The maximum absolute atomic E-state index is 13.8. The lowest BCUT2D eigenvalue weighted by Gasteiger charge is -2.24. The Kier molecular flexibility index (Phi) is 11.3. The molecule has 0 radical (unpaired) electrons. The van der Waals surface area contributed by atoms with Crippen LogP contribution in [0.2, 0.25) is 0 Å². The summed E-state index contributed by atoms with van der Waals surface area (Å²) in [6.45, 7) is 9.73. The van der Waals surface area contributed by atoms with Gasteiger partial charge in [-0.3, -0.25) is 9.59 Å². The fourth-order valence-electron chi connectivity index (χ4n) is 6.27.